The van der Waals surface area contributed by atoms with Gasteiger partial charge in [-0.1, -0.05) is 33.1 Å². The molecule has 0 heterocycles. The van der Waals surface area contributed by atoms with E-state index < -0.39 is 12.0 Å². The molecule has 0 bridgehead atoms. The topological polar surface area (TPSA) is 78.4 Å². The summed E-state index contributed by atoms with van der Waals surface area (Å²) in [5.41, 5.74) is 0.208. The van der Waals surface area contributed by atoms with Crippen LogP contribution in [0.2, 0.25) is 0 Å². The molecule has 0 aromatic heterocycles. The fourth-order valence-corrected chi connectivity index (χ4v) is 2.13. The molecule has 1 aliphatic carbocycles. The maximum Gasteiger partial charge on any atom is 0.326 e. The summed E-state index contributed by atoms with van der Waals surface area (Å²) in [6.07, 6.45) is 5.68. The Hall–Kier alpha value is -1.26. The standard InChI is InChI=1S/C13H24N2O3/c1-3-4-6-10(11(16)17)15-12(18)14-9-13(2)7-5-8-13/h10H,3-9H2,1-2H3,(H,16,17)(H2,14,15,18). The van der Waals surface area contributed by atoms with Gasteiger partial charge in [-0.2, -0.15) is 0 Å². The lowest BCUT2D eigenvalue weighted by atomic mass is 9.70. The van der Waals surface area contributed by atoms with Crippen LogP contribution in [0.1, 0.15) is 52.4 Å². The Morgan fingerprint density at radius 2 is 2.06 bits per heavy atom. The Morgan fingerprint density at radius 1 is 1.39 bits per heavy atom. The molecule has 3 N–H and O–H groups in total. The van der Waals surface area contributed by atoms with Crippen molar-refractivity contribution in [2.24, 2.45) is 5.41 Å². The predicted octanol–water partition coefficient (Wildman–Crippen LogP) is 2.12. The maximum absolute atomic E-state index is 11.6. The zero-order valence-corrected chi connectivity index (χ0v) is 11.3. The average molecular weight is 256 g/mol. The number of carbonyl (C=O) groups excluding carboxylic acids is 1. The van der Waals surface area contributed by atoms with Gasteiger partial charge in [-0.05, 0) is 24.7 Å². The molecule has 1 unspecified atom stereocenters. The highest BCUT2D eigenvalue weighted by atomic mass is 16.4. The molecule has 18 heavy (non-hydrogen) atoms. The third-order valence-electron chi connectivity index (χ3n) is 3.69. The molecule has 1 rings (SSSR count). The van der Waals surface area contributed by atoms with Crippen LogP contribution in [0.5, 0.6) is 0 Å². The molecule has 1 atom stereocenters. The van der Waals surface area contributed by atoms with Crippen molar-refractivity contribution in [2.45, 2.75) is 58.4 Å². The molecule has 1 fully saturated rings. The summed E-state index contributed by atoms with van der Waals surface area (Å²) in [5.74, 6) is -0.964. The summed E-state index contributed by atoms with van der Waals surface area (Å²) in [4.78, 5) is 22.6. The lowest BCUT2D eigenvalue weighted by Gasteiger charge is -2.38. The molecule has 0 spiro atoms. The van der Waals surface area contributed by atoms with Gasteiger partial charge in [0.25, 0.3) is 0 Å². The van der Waals surface area contributed by atoms with E-state index in [0.717, 1.165) is 25.7 Å². The smallest absolute Gasteiger partial charge is 0.326 e. The first-order valence-electron chi connectivity index (χ1n) is 6.74. The van der Waals surface area contributed by atoms with Crippen molar-refractivity contribution in [3.8, 4) is 0 Å². The first-order chi connectivity index (χ1) is 8.47. The molecule has 0 aromatic carbocycles. The van der Waals surface area contributed by atoms with E-state index in [1.54, 1.807) is 0 Å². The van der Waals surface area contributed by atoms with Crippen molar-refractivity contribution >= 4 is 12.0 Å². The van der Waals surface area contributed by atoms with Crippen molar-refractivity contribution in [2.75, 3.05) is 6.54 Å². The molecule has 1 aliphatic rings. The SMILES string of the molecule is CCCCC(NC(=O)NCC1(C)CCC1)C(=O)O. The minimum absolute atomic E-state index is 0.208. The van der Waals surface area contributed by atoms with Crippen molar-refractivity contribution in [3.05, 3.63) is 0 Å². The van der Waals surface area contributed by atoms with Gasteiger partial charge in [-0.25, -0.2) is 9.59 Å². The van der Waals surface area contributed by atoms with Gasteiger partial charge in [0.05, 0.1) is 0 Å². The van der Waals surface area contributed by atoms with Crippen LogP contribution in [-0.4, -0.2) is 29.7 Å². The summed E-state index contributed by atoms with van der Waals surface area (Å²) in [6, 6.07) is -1.15. The van der Waals surface area contributed by atoms with E-state index >= 15 is 0 Å². The van der Waals surface area contributed by atoms with Gasteiger partial charge < -0.3 is 15.7 Å². The quantitative estimate of drug-likeness (QED) is 0.653. The molecule has 104 valence electrons. The van der Waals surface area contributed by atoms with Crippen LogP contribution in [-0.2, 0) is 4.79 Å². The molecule has 0 radical (unpaired) electrons. The van der Waals surface area contributed by atoms with Crippen molar-refractivity contribution < 1.29 is 14.7 Å². The Balaban J connectivity index is 2.29. The van der Waals surface area contributed by atoms with Crippen molar-refractivity contribution in [3.63, 3.8) is 0 Å². The molecule has 0 aliphatic heterocycles. The van der Waals surface area contributed by atoms with Crippen LogP contribution in [0.4, 0.5) is 4.79 Å². The highest BCUT2D eigenvalue weighted by Gasteiger charge is 2.32. The van der Waals surface area contributed by atoms with Crippen LogP contribution in [0, 0.1) is 5.41 Å². The fraction of sp³-hybridized carbons (Fsp3) is 0.846. The lowest BCUT2D eigenvalue weighted by molar-refractivity contribution is -0.139. The van der Waals surface area contributed by atoms with Gasteiger partial charge in [-0.15, -0.1) is 0 Å². The largest absolute Gasteiger partial charge is 0.480 e. The number of unbranched alkanes of at least 4 members (excludes halogenated alkanes) is 1. The third-order valence-corrected chi connectivity index (χ3v) is 3.69. The lowest BCUT2D eigenvalue weighted by Crippen LogP contribution is -2.49. The number of rotatable bonds is 7. The minimum atomic E-state index is -0.964. The molecule has 1 saturated carbocycles. The van der Waals surface area contributed by atoms with Crippen LogP contribution in [0.25, 0.3) is 0 Å². The van der Waals surface area contributed by atoms with Gasteiger partial charge >= 0.3 is 12.0 Å². The summed E-state index contributed by atoms with van der Waals surface area (Å²) in [7, 11) is 0. The number of hydrogen-bond donors (Lipinski definition) is 3. The normalized spacial score (nSPS) is 18.6. The number of urea groups is 1. The Bertz CT molecular complexity index is 301. The van der Waals surface area contributed by atoms with E-state index in [9.17, 15) is 9.59 Å². The van der Waals surface area contributed by atoms with Gasteiger partial charge in [0.1, 0.15) is 6.04 Å². The van der Waals surface area contributed by atoms with Gasteiger partial charge in [0.15, 0.2) is 0 Å². The van der Waals surface area contributed by atoms with E-state index in [2.05, 4.69) is 17.6 Å². The second kappa shape index (κ2) is 6.61. The minimum Gasteiger partial charge on any atom is -0.480 e. The molecule has 2 amide bonds. The van der Waals surface area contributed by atoms with Gasteiger partial charge in [0.2, 0.25) is 0 Å². The second-order valence-electron chi connectivity index (χ2n) is 5.52. The Kier molecular flexibility index (Phi) is 5.44. The predicted molar refractivity (Wildman–Crippen MR) is 69.4 cm³/mol. The molecule has 5 nitrogen and oxygen atoms in total. The molecule has 0 saturated heterocycles. The summed E-state index contributed by atoms with van der Waals surface area (Å²) >= 11 is 0. The van der Waals surface area contributed by atoms with Crippen LogP contribution < -0.4 is 10.6 Å². The van der Waals surface area contributed by atoms with E-state index in [1.165, 1.54) is 6.42 Å². The van der Waals surface area contributed by atoms with Gasteiger partial charge in [-0.3, -0.25) is 0 Å². The average Bonchev–Trinajstić information content (AvgIpc) is 2.29. The van der Waals surface area contributed by atoms with Gasteiger partial charge in [0, 0.05) is 6.54 Å². The van der Waals surface area contributed by atoms with Crippen LogP contribution >= 0.6 is 0 Å². The highest BCUT2D eigenvalue weighted by Crippen LogP contribution is 2.39. The monoisotopic (exact) mass is 256 g/mol. The summed E-state index contributed by atoms with van der Waals surface area (Å²) in [5, 5.41) is 14.3. The van der Waals surface area contributed by atoms with Crippen LogP contribution in [0.3, 0.4) is 0 Å². The molecular weight excluding hydrogens is 232 g/mol. The zero-order chi connectivity index (χ0) is 13.6. The number of carboxylic acid groups (broad SMARTS) is 1. The Morgan fingerprint density at radius 3 is 2.50 bits per heavy atom. The number of carboxylic acids is 1. The van der Waals surface area contributed by atoms with E-state index in [1.807, 2.05) is 6.92 Å². The van der Waals surface area contributed by atoms with Crippen LogP contribution in [0.15, 0.2) is 0 Å². The maximum atomic E-state index is 11.6. The highest BCUT2D eigenvalue weighted by molar-refractivity contribution is 5.82. The Labute approximate surface area is 108 Å². The zero-order valence-electron chi connectivity index (χ0n) is 11.3. The first-order valence-corrected chi connectivity index (χ1v) is 6.74. The number of hydrogen-bond acceptors (Lipinski definition) is 2. The summed E-state index contributed by atoms with van der Waals surface area (Å²) < 4.78 is 0. The number of amides is 2. The summed E-state index contributed by atoms with van der Waals surface area (Å²) in [6.45, 7) is 4.76. The number of carbonyl (C=O) groups is 2. The molecule has 0 aromatic rings. The molecular formula is C13H24N2O3. The third kappa shape index (κ3) is 4.55. The molecule has 5 heteroatoms. The fourth-order valence-electron chi connectivity index (χ4n) is 2.13. The van der Waals surface area contributed by atoms with E-state index in [0.29, 0.717) is 13.0 Å². The van der Waals surface area contributed by atoms with Crippen molar-refractivity contribution in [1.82, 2.24) is 10.6 Å². The first kappa shape index (κ1) is 14.8. The number of nitrogens with one attached hydrogen (secondary N) is 2. The van der Waals surface area contributed by atoms with E-state index in [-0.39, 0.29) is 11.4 Å². The van der Waals surface area contributed by atoms with E-state index in [4.69, 9.17) is 5.11 Å². The van der Waals surface area contributed by atoms with Crippen molar-refractivity contribution in [1.29, 1.82) is 0 Å². The second-order valence-corrected chi connectivity index (χ2v) is 5.52. The number of aliphatic carboxylic acids is 1.